The number of para-hydroxylation sites is 1. The summed E-state index contributed by atoms with van der Waals surface area (Å²) >= 11 is 0. The average molecular weight is 373 g/mol. The van der Waals surface area contributed by atoms with Crippen molar-refractivity contribution in [3.8, 4) is 0 Å². The van der Waals surface area contributed by atoms with Gasteiger partial charge in [0.25, 0.3) is 11.8 Å². The first-order chi connectivity index (χ1) is 13.5. The molecule has 0 radical (unpaired) electrons. The van der Waals surface area contributed by atoms with E-state index in [0.717, 1.165) is 22.4 Å². The molecule has 0 aliphatic heterocycles. The van der Waals surface area contributed by atoms with Gasteiger partial charge in [0.2, 0.25) is 0 Å². The first-order valence-electron chi connectivity index (χ1n) is 9.15. The summed E-state index contributed by atoms with van der Waals surface area (Å²) in [5, 5.41) is 5.84. The van der Waals surface area contributed by atoms with Gasteiger partial charge < -0.3 is 10.6 Å². The normalized spacial score (nSPS) is 11.5. The molecule has 1 aromatic heterocycles. The van der Waals surface area contributed by atoms with Crippen molar-refractivity contribution in [2.75, 3.05) is 5.32 Å². The maximum atomic E-state index is 12.6. The Morgan fingerprint density at radius 3 is 2.25 bits per heavy atom. The highest BCUT2D eigenvalue weighted by atomic mass is 16.2. The zero-order valence-electron chi connectivity index (χ0n) is 16.2. The summed E-state index contributed by atoms with van der Waals surface area (Å²) in [5.41, 5.74) is 4.31. The van der Waals surface area contributed by atoms with Gasteiger partial charge in [-0.05, 0) is 49.6 Å². The Morgan fingerprint density at radius 2 is 1.57 bits per heavy atom. The smallest absolute Gasteiger partial charge is 0.274 e. The second-order valence-electron chi connectivity index (χ2n) is 6.76. The number of anilines is 1. The molecule has 5 heteroatoms. The van der Waals surface area contributed by atoms with Crippen molar-refractivity contribution in [2.45, 2.75) is 26.8 Å². The molecule has 2 aromatic carbocycles. The number of hydrogen-bond donors (Lipinski definition) is 2. The summed E-state index contributed by atoms with van der Waals surface area (Å²) in [6, 6.07) is 18.5. The SMILES string of the molecule is Cc1cccc(C)c1NC(=O)c1cc(C(=O)NC(C)c2ccccc2)ccn1. The highest BCUT2D eigenvalue weighted by Crippen LogP contribution is 2.20. The standard InChI is InChI=1S/C23H23N3O2/c1-15-8-7-9-16(2)21(15)26-23(28)20-14-19(12-13-24-20)22(27)25-17(3)18-10-5-4-6-11-18/h4-14,17H,1-3H3,(H,25,27)(H,26,28). The quantitative estimate of drug-likeness (QED) is 0.694. The van der Waals surface area contributed by atoms with Gasteiger partial charge in [0, 0.05) is 17.4 Å². The number of amides is 2. The summed E-state index contributed by atoms with van der Waals surface area (Å²) in [7, 11) is 0. The lowest BCUT2D eigenvalue weighted by Crippen LogP contribution is -2.27. The molecular weight excluding hydrogens is 350 g/mol. The summed E-state index contributed by atoms with van der Waals surface area (Å²) in [5.74, 6) is -0.594. The zero-order chi connectivity index (χ0) is 20.1. The number of nitrogens with zero attached hydrogens (tertiary/aromatic N) is 1. The number of pyridine rings is 1. The first kappa shape index (κ1) is 19.3. The van der Waals surface area contributed by atoms with Gasteiger partial charge in [0.05, 0.1) is 6.04 Å². The second-order valence-corrected chi connectivity index (χ2v) is 6.76. The van der Waals surface area contributed by atoms with Crippen LogP contribution in [0.5, 0.6) is 0 Å². The van der Waals surface area contributed by atoms with Crippen molar-refractivity contribution < 1.29 is 9.59 Å². The van der Waals surface area contributed by atoms with E-state index in [4.69, 9.17) is 0 Å². The van der Waals surface area contributed by atoms with E-state index in [1.54, 1.807) is 6.07 Å². The molecule has 1 unspecified atom stereocenters. The molecule has 0 saturated carbocycles. The molecule has 0 spiro atoms. The van der Waals surface area contributed by atoms with Gasteiger partial charge in [-0.15, -0.1) is 0 Å². The molecule has 0 aliphatic carbocycles. The number of hydrogen-bond acceptors (Lipinski definition) is 3. The van der Waals surface area contributed by atoms with Crippen molar-refractivity contribution in [3.05, 3.63) is 94.8 Å². The molecular formula is C23H23N3O2. The van der Waals surface area contributed by atoms with E-state index >= 15 is 0 Å². The van der Waals surface area contributed by atoms with Crippen LogP contribution in [0.15, 0.2) is 66.9 Å². The highest BCUT2D eigenvalue weighted by Gasteiger charge is 2.15. The van der Waals surface area contributed by atoms with Crippen molar-refractivity contribution in [1.29, 1.82) is 0 Å². The summed E-state index contributed by atoms with van der Waals surface area (Å²) in [6.07, 6.45) is 1.47. The van der Waals surface area contributed by atoms with Crippen LogP contribution >= 0.6 is 0 Å². The van der Waals surface area contributed by atoms with Crippen LogP contribution < -0.4 is 10.6 Å². The third-order valence-electron chi connectivity index (χ3n) is 4.62. The fourth-order valence-corrected chi connectivity index (χ4v) is 2.99. The van der Waals surface area contributed by atoms with E-state index in [9.17, 15) is 9.59 Å². The molecule has 0 aliphatic rings. The number of benzene rings is 2. The van der Waals surface area contributed by atoms with Gasteiger partial charge in [-0.1, -0.05) is 48.5 Å². The van der Waals surface area contributed by atoms with Crippen molar-refractivity contribution in [1.82, 2.24) is 10.3 Å². The van der Waals surface area contributed by atoms with Crippen LogP contribution in [0.3, 0.4) is 0 Å². The van der Waals surface area contributed by atoms with Crippen LogP contribution in [0.2, 0.25) is 0 Å². The predicted octanol–water partition coefficient (Wildman–Crippen LogP) is 4.44. The van der Waals surface area contributed by atoms with Gasteiger partial charge in [-0.3, -0.25) is 14.6 Å². The van der Waals surface area contributed by atoms with Crippen LogP contribution in [0.4, 0.5) is 5.69 Å². The summed E-state index contributed by atoms with van der Waals surface area (Å²) in [6.45, 7) is 5.79. The third kappa shape index (κ3) is 4.43. The van der Waals surface area contributed by atoms with Crippen molar-refractivity contribution in [3.63, 3.8) is 0 Å². The van der Waals surface area contributed by atoms with Crippen LogP contribution in [-0.2, 0) is 0 Å². The molecule has 142 valence electrons. The topological polar surface area (TPSA) is 71.1 Å². The van der Waals surface area contributed by atoms with Crippen molar-refractivity contribution >= 4 is 17.5 Å². The second kappa shape index (κ2) is 8.48. The Hall–Kier alpha value is -3.47. The van der Waals surface area contributed by atoms with E-state index in [1.165, 1.54) is 12.3 Å². The van der Waals surface area contributed by atoms with Crippen LogP contribution in [0.25, 0.3) is 0 Å². The number of nitrogens with one attached hydrogen (secondary N) is 2. The number of rotatable bonds is 5. The molecule has 5 nitrogen and oxygen atoms in total. The Morgan fingerprint density at radius 1 is 0.893 bits per heavy atom. The highest BCUT2D eigenvalue weighted by molar-refractivity contribution is 6.05. The van der Waals surface area contributed by atoms with Gasteiger partial charge >= 0.3 is 0 Å². The molecule has 1 heterocycles. The summed E-state index contributed by atoms with van der Waals surface area (Å²) in [4.78, 5) is 29.4. The third-order valence-corrected chi connectivity index (χ3v) is 4.62. The van der Waals surface area contributed by atoms with Crippen LogP contribution in [-0.4, -0.2) is 16.8 Å². The average Bonchev–Trinajstić information content (AvgIpc) is 2.71. The fraction of sp³-hybridized carbons (Fsp3) is 0.174. The number of carbonyl (C=O) groups excluding carboxylic acids is 2. The molecule has 2 amide bonds. The van der Waals surface area contributed by atoms with E-state index in [-0.39, 0.29) is 23.6 Å². The lowest BCUT2D eigenvalue weighted by Gasteiger charge is -2.15. The van der Waals surface area contributed by atoms with E-state index < -0.39 is 0 Å². The number of aryl methyl sites for hydroxylation is 2. The zero-order valence-corrected chi connectivity index (χ0v) is 16.2. The van der Waals surface area contributed by atoms with Gasteiger partial charge in [0.1, 0.15) is 5.69 Å². The molecule has 0 saturated heterocycles. The molecule has 3 aromatic rings. The van der Waals surface area contributed by atoms with Crippen LogP contribution in [0.1, 0.15) is 50.5 Å². The number of aromatic nitrogens is 1. The van der Waals surface area contributed by atoms with Crippen molar-refractivity contribution in [2.24, 2.45) is 0 Å². The fourth-order valence-electron chi connectivity index (χ4n) is 2.99. The van der Waals surface area contributed by atoms with E-state index in [0.29, 0.717) is 5.56 Å². The minimum Gasteiger partial charge on any atom is -0.346 e. The van der Waals surface area contributed by atoms with E-state index in [2.05, 4.69) is 15.6 Å². The van der Waals surface area contributed by atoms with Gasteiger partial charge in [0.15, 0.2) is 0 Å². The Balaban J connectivity index is 1.74. The molecule has 28 heavy (non-hydrogen) atoms. The Kier molecular flexibility index (Phi) is 5.84. The van der Waals surface area contributed by atoms with Gasteiger partial charge in [-0.25, -0.2) is 0 Å². The predicted molar refractivity (Wildman–Crippen MR) is 110 cm³/mol. The molecule has 0 bridgehead atoms. The monoisotopic (exact) mass is 373 g/mol. The molecule has 1 atom stereocenters. The molecule has 2 N–H and O–H groups in total. The Bertz CT molecular complexity index is 979. The largest absolute Gasteiger partial charge is 0.346 e. The summed E-state index contributed by atoms with van der Waals surface area (Å²) < 4.78 is 0. The van der Waals surface area contributed by atoms with Gasteiger partial charge in [-0.2, -0.15) is 0 Å². The Labute approximate surface area is 164 Å². The van der Waals surface area contributed by atoms with Crippen LogP contribution in [0, 0.1) is 13.8 Å². The lowest BCUT2D eigenvalue weighted by atomic mass is 10.1. The minimum absolute atomic E-state index is 0.145. The molecule has 0 fully saturated rings. The maximum Gasteiger partial charge on any atom is 0.274 e. The maximum absolute atomic E-state index is 12.6. The minimum atomic E-state index is -0.344. The lowest BCUT2D eigenvalue weighted by molar-refractivity contribution is 0.0939. The number of carbonyl (C=O) groups is 2. The molecule has 3 rings (SSSR count). The first-order valence-corrected chi connectivity index (χ1v) is 9.15. The van der Waals surface area contributed by atoms with E-state index in [1.807, 2.05) is 69.3 Å².